The quantitative estimate of drug-likeness (QED) is 0.582. The van der Waals surface area contributed by atoms with Gasteiger partial charge in [0.15, 0.2) is 0 Å². The molecule has 2 aromatic carbocycles. The van der Waals surface area contributed by atoms with Gasteiger partial charge in [0, 0.05) is 19.7 Å². The smallest absolute Gasteiger partial charge is 0.271 e. The van der Waals surface area contributed by atoms with E-state index in [4.69, 9.17) is 4.74 Å². The number of hydrazone groups is 1. The van der Waals surface area contributed by atoms with E-state index in [0.717, 1.165) is 4.31 Å². The van der Waals surface area contributed by atoms with E-state index < -0.39 is 10.0 Å². The molecule has 0 saturated heterocycles. The molecular weight excluding hydrogens is 366 g/mol. The summed E-state index contributed by atoms with van der Waals surface area (Å²) in [5.41, 5.74) is 4.22. The second-order valence-corrected chi connectivity index (χ2v) is 8.06. The first-order valence-corrected chi connectivity index (χ1v) is 9.80. The molecule has 27 heavy (non-hydrogen) atoms. The maximum atomic E-state index is 12.2. The zero-order valence-electron chi connectivity index (χ0n) is 15.8. The van der Waals surface area contributed by atoms with E-state index in [1.54, 1.807) is 43.3 Å². The van der Waals surface area contributed by atoms with E-state index in [2.05, 4.69) is 10.5 Å². The van der Waals surface area contributed by atoms with Gasteiger partial charge in [0.05, 0.1) is 17.2 Å². The highest BCUT2D eigenvalue weighted by molar-refractivity contribution is 7.89. The molecule has 144 valence electrons. The van der Waals surface area contributed by atoms with Gasteiger partial charge in [0.2, 0.25) is 10.0 Å². The van der Waals surface area contributed by atoms with Crippen molar-refractivity contribution in [3.05, 3.63) is 59.7 Å². The molecule has 0 aromatic heterocycles. The number of ether oxygens (including phenoxy) is 1. The predicted octanol–water partition coefficient (Wildman–Crippen LogP) is 2.49. The van der Waals surface area contributed by atoms with Crippen molar-refractivity contribution in [2.45, 2.75) is 18.7 Å². The van der Waals surface area contributed by atoms with Gasteiger partial charge in [0.1, 0.15) is 5.75 Å². The number of benzene rings is 2. The predicted molar refractivity (Wildman–Crippen MR) is 105 cm³/mol. The van der Waals surface area contributed by atoms with E-state index >= 15 is 0 Å². The summed E-state index contributed by atoms with van der Waals surface area (Å²) in [5, 5.41) is 4.08. The molecule has 0 spiro atoms. The highest BCUT2D eigenvalue weighted by atomic mass is 32.2. The fourth-order valence-electron chi connectivity index (χ4n) is 2.21. The molecule has 0 heterocycles. The first kappa shape index (κ1) is 20.6. The number of carbonyl (C=O) groups excluding carboxylic acids is 1. The Kier molecular flexibility index (Phi) is 6.70. The number of hydrogen-bond donors (Lipinski definition) is 1. The minimum Gasteiger partial charge on any atom is -0.494 e. The minimum absolute atomic E-state index is 0.197. The summed E-state index contributed by atoms with van der Waals surface area (Å²) in [6, 6.07) is 13.1. The molecule has 1 amide bonds. The lowest BCUT2D eigenvalue weighted by molar-refractivity contribution is 0.0955. The summed E-state index contributed by atoms with van der Waals surface area (Å²) in [4.78, 5) is 12.4. The van der Waals surface area contributed by atoms with Crippen LogP contribution in [0.1, 0.15) is 29.8 Å². The number of carbonyl (C=O) groups is 1. The second-order valence-electron chi connectivity index (χ2n) is 5.91. The first-order chi connectivity index (χ1) is 12.8. The van der Waals surface area contributed by atoms with E-state index in [1.165, 1.54) is 26.2 Å². The van der Waals surface area contributed by atoms with Crippen LogP contribution in [0.3, 0.4) is 0 Å². The van der Waals surface area contributed by atoms with E-state index in [1.807, 2.05) is 6.92 Å². The zero-order valence-corrected chi connectivity index (χ0v) is 16.6. The van der Waals surface area contributed by atoms with Crippen LogP contribution >= 0.6 is 0 Å². The number of sulfonamides is 1. The Bertz CT molecular complexity index is 918. The number of rotatable bonds is 7. The summed E-state index contributed by atoms with van der Waals surface area (Å²) in [6.07, 6.45) is 0. The van der Waals surface area contributed by atoms with Gasteiger partial charge >= 0.3 is 0 Å². The average molecular weight is 389 g/mol. The van der Waals surface area contributed by atoms with Crippen LogP contribution in [0, 0.1) is 0 Å². The minimum atomic E-state index is -3.48. The monoisotopic (exact) mass is 389 g/mol. The average Bonchev–Trinajstić information content (AvgIpc) is 2.66. The SMILES string of the molecule is CCOc1ccc(C(=O)N/N=C(/C)c2ccc(S(=O)(=O)N(C)C)cc2)cc1. The normalized spacial score (nSPS) is 12.1. The van der Waals surface area contributed by atoms with Crippen LogP contribution in [0.4, 0.5) is 0 Å². The molecule has 2 rings (SSSR count). The fraction of sp³-hybridized carbons (Fsp3) is 0.263. The molecule has 0 unspecified atom stereocenters. The Balaban J connectivity index is 2.07. The van der Waals surface area contributed by atoms with E-state index in [0.29, 0.717) is 29.2 Å². The second kappa shape index (κ2) is 8.79. The number of hydrogen-bond acceptors (Lipinski definition) is 5. The third kappa shape index (κ3) is 5.15. The zero-order chi connectivity index (χ0) is 20.0. The Morgan fingerprint density at radius 2 is 1.59 bits per heavy atom. The highest BCUT2D eigenvalue weighted by Gasteiger charge is 2.16. The van der Waals surface area contributed by atoms with Crippen molar-refractivity contribution in [2.24, 2.45) is 5.10 Å². The summed E-state index contributed by atoms with van der Waals surface area (Å²) in [5.74, 6) is 0.353. The maximum Gasteiger partial charge on any atom is 0.271 e. The largest absolute Gasteiger partial charge is 0.494 e. The first-order valence-electron chi connectivity index (χ1n) is 8.36. The Labute approximate surface area is 159 Å². The molecule has 0 saturated carbocycles. The lowest BCUT2D eigenvalue weighted by Gasteiger charge is -2.11. The molecule has 0 radical (unpaired) electrons. The van der Waals surface area contributed by atoms with Crippen molar-refractivity contribution >= 4 is 21.6 Å². The maximum absolute atomic E-state index is 12.2. The lowest BCUT2D eigenvalue weighted by Crippen LogP contribution is -2.22. The van der Waals surface area contributed by atoms with Gasteiger partial charge in [-0.05, 0) is 55.8 Å². The molecule has 0 bridgehead atoms. The Morgan fingerprint density at radius 1 is 1.04 bits per heavy atom. The summed E-state index contributed by atoms with van der Waals surface area (Å²) in [6.45, 7) is 4.18. The third-order valence-electron chi connectivity index (χ3n) is 3.80. The van der Waals surface area contributed by atoms with Crippen molar-refractivity contribution in [1.29, 1.82) is 0 Å². The van der Waals surface area contributed by atoms with Gasteiger partial charge < -0.3 is 4.74 Å². The molecular formula is C19H23N3O4S. The van der Waals surface area contributed by atoms with Crippen LogP contribution in [0.2, 0.25) is 0 Å². The van der Waals surface area contributed by atoms with Gasteiger partial charge in [-0.3, -0.25) is 4.79 Å². The summed E-state index contributed by atoms with van der Waals surface area (Å²) >= 11 is 0. The third-order valence-corrected chi connectivity index (χ3v) is 5.63. The molecule has 2 aromatic rings. The van der Waals surface area contributed by atoms with Crippen LogP contribution < -0.4 is 10.2 Å². The number of nitrogens with one attached hydrogen (secondary N) is 1. The van der Waals surface area contributed by atoms with Crippen molar-refractivity contribution in [1.82, 2.24) is 9.73 Å². The summed E-state index contributed by atoms with van der Waals surface area (Å²) < 4.78 is 30.7. The Morgan fingerprint density at radius 3 is 2.11 bits per heavy atom. The number of nitrogens with zero attached hydrogens (tertiary/aromatic N) is 2. The fourth-order valence-corrected chi connectivity index (χ4v) is 3.11. The van der Waals surface area contributed by atoms with Gasteiger partial charge in [-0.1, -0.05) is 12.1 Å². The lowest BCUT2D eigenvalue weighted by atomic mass is 10.1. The number of amides is 1. The highest BCUT2D eigenvalue weighted by Crippen LogP contribution is 2.15. The molecule has 0 aliphatic heterocycles. The van der Waals surface area contributed by atoms with Crippen LogP contribution in [0.5, 0.6) is 5.75 Å². The molecule has 0 atom stereocenters. The van der Waals surface area contributed by atoms with Crippen molar-refractivity contribution < 1.29 is 17.9 Å². The van der Waals surface area contributed by atoms with Crippen LogP contribution in [0.15, 0.2) is 58.5 Å². The van der Waals surface area contributed by atoms with Gasteiger partial charge in [-0.25, -0.2) is 18.1 Å². The van der Waals surface area contributed by atoms with E-state index in [9.17, 15) is 13.2 Å². The van der Waals surface area contributed by atoms with Crippen molar-refractivity contribution in [3.63, 3.8) is 0 Å². The molecule has 7 nitrogen and oxygen atoms in total. The molecule has 0 aliphatic rings. The Hall–Kier alpha value is -2.71. The molecule has 0 aliphatic carbocycles. The molecule has 0 fully saturated rings. The molecule has 8 heteroatoms. The van der Waals surface area contributed by atoms with Gasteiger partial charge in [-0.2, -0.15) is 5.10 Å². The van der Waals surface area contributed by atoms with Crippen molar-refractivity contribution in [3.8, 4) is 5.75 Å². The van der Waals surface area contributed by atoms with Gasteiger partial charge in [-0.15, -0.1) is 0 Å². The summed E-state index contributed by atoms with van der Waals surface area (Å²) in [7, 11) is -0.518. The van der Waals surface area contributed by atoms with Crippen LogP contribution in [-0.2, 0) is 10.0 Å². The van der Waals surface area contributed by atoms with Crippen LogP contribution in [0.25, 0.3) is 0 Å². The van der Waals surface area contributed by atoms with Gasteiger partial charge in [0.25, 0.3) is 5.91 Å². The molecule has 1 N–H and O–H groups in total. The van der Waals surface area contributed by atoms with Crippen molar-refractivity contribution in [2.75, 3.05) is 20.7 Å². The van der Waals surface area contributed by atoms with E-state index in [-0.39, 0.29) is 10.8 Å². The van der Waals surface area contributed by atoms with Crippen LogP contribution in [-0.4, -0.2) is 45.0 Å². The standard InChI is InChI=1S/C19H23N3O4S/c1-5-26-17-10-6-16(7-11-17)19(23)21-20-14(2)15-8-12-18(13-9-15)27(24,25)22(3)4/h6-13H,5H2,1-4H3,(H,21,23)/b20-14-. The topological polar surface area (TPSA) is 88.1 Å².